The van der Waals surface area contributed by atoms with Crippen LogP contribution < -0.4 is 0 Å². The average Bonchev–Trinajstić information content (AvgIpc) is 2.58. The van der Waals surface area contributed by atoms with Crippen LogP contribution in [-0.2, 0) is 6.42 Å². The fourth-order valence-electron chi connectivity index (χ4n) is 1.94. The molecule has 5 heteroatoms. The molecule has 1 aromatic heterocycles. The number of aromatic amines is 1. The van der Waals surface area contributed by atoms with Gasteiger partial charge in [-0.05, 0) is 36.6 Å². The second-order valence-electron chi connectivity index (χ2n) is 3.92. The van der Waals surface area contributed by atoms with Crippen molar-refractivity contribution in [1.82, 2.24) is 10.2 Å². The topological polar surface area (TPSA) is 28.7 Å². The lowest BCUT2D eigenvalue weighted by atomic mass is 9.97. The van der Waals surface area contributed by atoms with Crippen molar-refractivity contribution in [2.45, 2.75) is 26.4 Å². The van der Waals surface area contributed by atoms with Gasteiger partial charge < -0.3 is 0 Å². The number of H-pyrrole nitrogens is 1. The molecule has 1 N–H and O–H groups in total. The minimum absolute atomic E-state index is 0.349. The summed E-state index contributed by atoms with van der Waals surface area (Å²) >= 11 is 0. The van der Waals surface area contributed by atoms with E-state index in [9.17, 15) is 13.2 Å². The molecule has 0 radical (unpaired) electrons. The number of halogens is 3. The molecule has 0 spiro atoms. The smallest absolute Gasteiger partial charge is 0.278 e. The molecular formula is C11H11F3N2. The van der Waals surface area contributed by atoms with E-state index >= 15 is 0 Å². The van der Waals surface area contributed by atoms with Crippen molar-refractivity contribution >= 4 is 10.9 Å². The first-order valence-corrected chi connectivity index (χ1v) is 4.87. The van der Waals surface area contributed by atoms with Gasteiger partial charge in [-0.25, -0.2) is 0 Å². The molecule has 1 heterocycles. The van der Waals surface area contributed by atoms with E-state index in [4.69, 9.17) is 0 Å². The normalized spacial score (nSPS) is 12.3. The van der Waals surface area contributed by atoms with E-state index < -0.39 is 12.6 Å². The zero-order valence-electron chi connectivity index (χ0n) is 8.94. The first-order valence-electron chi connectivity index (χ1n) is 4.87. The predicted molar refractivity (Wildman–Crippen MR) is 55.3 cm³/mol. The van der Waals surface area contributed by atoms with Crippen LogP contribution in [0.4, 0.5) is 13.2 Å². The standard InChI is InChI=1S/C11H11F3N2/c1-6-3-10-9(5-15-16-10)7(2)8(6)4-11(12,13)14/h3,5H,4H2,1-2H3,(H,15,16). The van der Waals surface area contributed by atoms with Gasteiger partial charge in [0.05, 0.1) is 18.1 Å². The third-order valence-electron chi connectivity index (χ3n) is 2.74. The lowest BCUT2D eigenvalue weighted by Crippen LogP contribution is -2.13. The van der Waals surface area contributed by atoms with E-state index in [2.05, 4.69) is 10.2 Å². The highest BCUT2D eigenvalue weighted by molar-refractivity contribution is 5.83. The third kappa shape index (κ3) is 1.89. The number of hydrogen-bond donors (Lipinski definition) is 1. The average molecular weight is 228 g/mol. The second-order valence-corrected chi connectivity index (χ2v) is 3.92. The Morgan fingerprint density at radius 2 is 2.00 bits per heavy atom. The van der Waals surface area contributed by atoms with E-state index in [1.54, 1.807) is 26.1 Å². The molecule has 0 atom stereocenters. The Labute approximate surface area is 90.5 Å². The van der Waals surface area contributed by atoms with Crippen LogP contribution in [0.15, 0.2) is 12.3 Å². The first-order chi connectivity index (χ1) is 7.38. The summed E-state index contributed by atoms with van der Waals surface area (Å²) in [5.41, 5.74) is 2.43. The summed E-state index contributed by atoms with van der Waals surface area (Å²) in [7, 11) is 0. The molecule has 16 heavy (non-hydrogen) atoms. The first kappa shape index (κ1) is 11.0. The highest BCUT2D eigenvalue weighted by Gasteiger charge is 2.29. The van der Waals surface area contributed by atoms with E-state index in [1.807, 2.05) is 0 Å². The van der Waals surface area contributed by atoms with Gasteiger partial charge in [0, 0.05) is 5.39 Å². The Hall–Kier alpha value is -1.52. The number of rotatable bonds is 1. The summed E-state index contributed by atoms with van der Waals surface area (Å²) < 4.78 is 37.2. The monoisotopic (exact) mass is 228 g/mol. The zero-order chi connectivity index (χ0) is 11.9. The van der Waals surface area contributed by atoms with Gasteiger partial charge in [0.1, 0.15) is 0 Å². The van der Waals surface area contributed by atoms with E-state index in [-0.39, 0.29) is 0 Å². The number of nitrogens with zero attached hydrogens (tertiary/aromatic N) is 1. The number of fused-ring (bicyclic) bond motifs is 1. The summed E-state index contributed by atoms with van der Waals surface area (Å²) in [5, 5.41) is 7.35. The van der Waals surface area contributed by atoms with Crippen molar-refractivity contribution in [3.8, 4) is 0 Å². The fourth-order valence-corrected chi connectivity index (χ4v) is 1.94. The number of aromatic nitrogens is 2. The molecule has 1 aromatic carbocycles. The van der Waals surface area contributed by atoms with Gasteiger partial charge in [-0.15, -0.1) is 0 Å². The Kier molecular flexibility index (Phi) is 2.40. The van der Waals surface area contributed by atoms with Crippen molar-refractivity contribution in [2.75, 3.05) is 0 Å². The molecule has 0 amide bonds. The Bertz CT molecular complexity index is 526. The van der Waals surface area contributed by atoms with Gasteiger partial charge in [0.2, 0.25) is 0 Å². The summed E-state index contributed by atoms with van der Waals surface area (Å²) in [4.78, 5) is 0. The lowest BCUT2D eigenvalue weighted by Gasteiger charge is -2.13. The molecule has 2 aromatic rings. The molecule has 0 unspecified atom stereocenters. The quantitative estimate of drug-likeness (QED) is 0.797. The SMILES string of the molecule is Cc1cc2[nH]ncc2c(C)c1CC(F)(F)F. The van der Waals surface area contributed by atoms with Gasteiger partial charge in [-0.3, -0.25) is 5.10 Å². The van der Waals surface area contributed by atoms with Gasteiger partial charge in [0.15, 0.2) is 0 Å². The van der Waals surface area contributed by atoms with Gasteiger partial charge in [0.25, 0.3) is 0 Å². The van der Waals surface area contributed by atoms with E-state index in [0.29, 0.717) is 16.7 Å². The largest absolute Gasteiger partial charge is 0.393 e. The molecular weight excluding hydrogens is 217 g/mol. The summed E-state index contributed by atoms with van der Waals surface area (Å²) in [6.45, 7) is 3.39. The molecule has 86 valence electrons. The van der Waals surface area contributed by atoms with Crippen molar-refractivity contribution in [3.05, 3.63) is 29.0 Å². The Balaban J connectivity index is 2.59. The van der Waals surface area contributed by atoms with Crippen LogP contribution in [0.5, 0.6) is 0 Å². The molecule has 0 saturated carbocycles. The van der Waals surface area contributed by atoms with Crippen LogP contribution in [0.25, 0.3) is 10.9 Å². The number of alkyl halides is 3. The van der Waals surface area contributed by atoms with Crippen LogP contribution in [-0.4, -0.2) is 16.4 Å². The fraction of sp³-hybridized carbons (Fsp3) is 0.364. The Morgan fingerprint density at radius 1 is 1.31 bits per heavy atom. The second kappa shape index (κ2) is 3.50. The van der Waals surface area contributed by atoms with Gasteiger partial charge in [-0.1, -0.05) is 0 Å². The maximum Gasteiger partial charge on any atom is 0.393 e. The number of aryl methyl sites for hydroxylation is 2. The predicted octanol–water partition coefficient (Wildman–Crippen LogP) is 3.28. The molecule has 0 aliphatic carbocycles. The zero-order valence-corrected chi connectivity index (χ0v) is 8.94. The molecule has 2 rings (SSSR count). The molecule has 0 bridgehead atoms. The van der Waals surface area contributed by atoms with Crippen molar-refractivity contribution in [3.63, 3.8) is 0 Å². The van der Waals surface area contributed by atoms with Crippen molar-refractivity contribution in [2.24, 2.45) is 0 Å². The van der Waals surface area contributed by atoms with Gasteiger partial charge in [-0.2, -0.15) is 18.3 Å². The minimum Gasteiger partial charge on any atom is -0.278 e. The number of benzene rings is 1. The van der Waals surface area contributed by atoms with Crippen LogP contribution in [0, 0.1) is 13.8 Å². The number of hydrogen-bond acceptors (Lipinski definition) is 1. The minimum atomic E-state index is -4.17. The third-order valence-corrected chi connectivity index (χ3v) is 2.74. The summed E-state index contributed by atoms with van der Waals surface area (Å²) in [6, 6.07) is 1.70. The molecule has 0 saturated heterocycles. The van der Waals surface area contributed by atoms with Crippen LogP contribution >= 0.6 is 0 Å². The molecule has 0 aliphatic rings. The molecule has 0 aliphatic heterocycles. The Morgan fingerprint density at radius 3 is 2.62 bits per heavy atom. The summed E-state index contributed by atoms with van der Waals surface area (Å²) in [6.07, 6.45) is -3.50. The molecule has 0 fully saturated rings. The summed E-state index contributed by atoms with van der Waals surface area (Å²) in [5.74, 6) is 0. The van der Waals surface area contributed by atoms with Crippen LogP contribution in [0.2, 0.25) is 0 Å². The van der Waals surface area contributed by atoms with Crippen molar-refractivity contribution in [1.29, 1.82) is 0 Å². The van der Waals surface area contributed by atoms with Crippen LogP contribution in [0.1, 0.15) is 16.7 Å². The van der Waals surface area contributed by atoms with Crippen molar-refractivity contribution < 1.29 is 13.2 Å². The van der Waals surface area contributed by atoms with E-state index in [0.717, 1.165) is 10.9 Å². The maximum absolute atomic E-state index is 12.4. The maximum atomic E-state index is 12.4. The lowest BCUT2D eigenvalue weighted by molar-refractivity contribution is -0.127. The number of nitrogens with one attached hydrogen (secondary N) is 1. The highest BCUT2D eigenvalue weighted by atomic mass is 19.4. The highest BCUT2D eigenvalue weighted by Crippen LogP contribution is 2.29. The van der Waals surface area contributed by atoms with Gasteiger partial charge >= 0.3 is 6.18 Å². The van der Waals surface area contributed by atoms with Crippen LogP contribution in [0.3, 0.4) is 0 Å². The van der Waals surface area contributed by atoms with E-state index in [1.165, 1.54) is 0 Å². The molecule has 2 nitrogen and oxygen atoms in total.